The van der Waals surface area contributed by atoms with E-state index in [1.165, 1.54) is 0 Å². The predicted molar refractivity (Wildman–Crippen MR) is 142 cm³/mol. The van der Waals surface area contributed by atoms with E-state index in [4.69, 9.17) is 15.6 Å². The van der Waals surface area contributed by atoms with E-state index >= 15 is 0 Å². The van der Waals surface area contributed by atoms with Crippen molar-refractivity contribution in [2.75, 3.05) is 32.0 Å². The second-order valence-corrected chi connectivity index (χ2v) is 9.61. The number of fused-ring (bicyclic) bond motifs is 1. The highest BCUT2D eigenvalue weighted by molar-refractivity contribution is 5.81. The van der Waals surface area contributed by atoms with Crippen molar-refractivity contribution >= 4 is 23.0 Å². The number of imidazole rings is 1. The normalized spacial score (nSPS) is 14.8. The molecule has 0 aliphatic carbocycles. The second-order valence-electron chi connectivity index (χ2n) is 9.61. The Morgan fingerprint density at radius 2 is 1.89 bits per heavy atom. The highest BCUT2D eigenvalue weighted by Crippen LogP contribution is 2.18. The number of aromatic nitrogens is 4. The van der Waals surface area contributed by atoms with Crippen LogP contribution in [0.2, 0.25) is 0 Å². The molecule has 0 atom stereocenters. The molecule has 1 aliphatic rings. The van der Waals surface area contributed by atoms with Crippen LogP contribution in [0.3, 0.4) is 0 Å². The first-order valence-corrected chi connectivity index (χ1v) is 13.1. The van der Waals surface area contributed by atoms with Gasteiger partial charge in [-0.1, -0.05) is 37.6 Å². The van der Waals surface area contributed by atoms with Crippen molar-refractivity contribution in [2.24, 2.45) is 0 Å². The number of nitrogen functional groups attached to an aromatic ring is 1. The van der Waals surface area contributed by atoms with Crippen molar-refractivity contribution in [3.63, 3.8) is 0 Å². The maximum absolute atomic E-state index is 12.5. The number of ether oxygens (including phenoxy) is 1. The molecule has 2 aromatic heterocycles. The van der Waals surface area contributed by atoms with Gasteiger partial charge in [-0.05, 0) is 56.4 Å². The van der Waals surface area contributed by atoms with Gasteiger partial charge in [0, 0.05) is 19.1 Å². The van der Waals surface area contributed by atoms with Gasteiger partial charge in [0.05, 0.1) is 13.0 Å². The number of carboxylic acid groups (broad SMARTS) is 1. The van der Waals surface area contributed by atoms with Crippen LogP contribution in [0.15, 0.2) is 29.1 Å². The predicted octanol–water partition coefficient (Wildman–Crippen LogP) is 2.15. The van der Waals surface area contributed by atoms with Gasteiger partial charge in [0.25, 0.3) is 0 Å². The van der Waals surface area contributed by atoms with Crippen molar-refractivity contribution in [1.82, 2.24) is 29.7 Å². The van der Waals surface area contributed by atoms with Crippen molar-refractivity contribution in [1.29, 1.82) is 0 Å². The Morgan fingerprint density at radius 3 is 2.59 bits per heavy atom. The number of unbranched alkanes of at least 4 members (excludes halogenated alkanes) is 1. The summed E-state index contributed by atoms with van der Waals surface area (Å²) in [6, 6.07) is 8.41. The molecule has 11 nitrogen and oxygen atoms in total. The number of carboxylic acids is 1. The van der Waals surface area contributed by atoms with Crippen LogP contribution in [0.5, 0.6) is 6.01 Å². The number of nitrogens with zero attached hydrogens (tertiary/aromatic N) is 4. The first-order chi connectivity index (χ1) is 17.9. The van der Waals surface area contributed by atoms with Gasteiger partial charge in [0.15, 0.2) is 11.5 Å². The quantitative estimate of drug-likeness (QED) is 0.253. The molecule has 0 spiro atoms. The number of likely N-dealkylation sites (tertiary alicyclic amines) is 1. The third-order valence-electron chi connectivity index (χ3n) is 6.78. The molecule has 3 heterocycles. The topological polar surface area (TPSA) is 151 Å². The van der Waals surface area contributed by atoms with Gasteiger partial charge in [-0.3, -0.25) is 9.36 Å². The zero-order valence-electron chi connectivity index (χ0n) is 21.4. The number of carbonyl (C=O) groups is 1. The third-order valence-corrected chi connectivity index (χ3v) is 6.78. The fourth-order valence-corrected chi connectivity index (χ4v) is 4.64. The molecule has 0 amide bonds. The van der Waals surface area contributed by atoms with Crippen LogP contribution < -0.4 is 21.5 Å². The SMILES string of the molecule is CCCCOc1nc(N)c2[nH]c(=O)n(CCCN3CCC(NCc4ccc(CC(=O)O)cc4)CC3)c2n1. The summed E-state index contributed by atoms with van der Waals surface area (Å²) >= 11 is 0. The highest BCUT2D eigenvalue weighted by Gasteiger charge is 2.19. The number of rotatable bonds is 13. The Hall–Kier alpha value is -3.44. The van der Waals surface area contributed by atoms with Crippen molar-refractivity contribution < 1.29 is 14.6 Å². The summed E-state index contributed by atoms with van der Waals surface area (Å²) in [6.45, 7) is 6.82. The number of nitrogens with two attached hydrogens (primary N) is 1. The van der Waals surface area contributed by atoms with Gasteiger partial charge in [-0.25, -0.2) is 4.79 Å². The van der Waals surface area contributed by atoms with E-state index in [-0.39, 0.29) is 23.9 Å². The minimum absolute atomic E-state index is 0.0530. The Balaban J connectivity index is 1.22. The van der Waals surface area contributed by atoms with E-state index in [0.29, 0.717) is 30.4 Å². The Labute approximate surface area is 216 Å². The number of anilines is 1. The van der Waals surface area contributed by atoms with Crippen LogP contribution in [0.25, 0.3) is 11.2 Å². The van der Waals surface area contributed by atoms with Crippen LogP contribution in [0.1, 0.15) is 50.2 Å². The molecule has 1 aliphatic heterocycles. The van der Waals surface area contributed by atoms with Crippen LogP contribution in [-0.2, 0) is 24.3 Å². The van der Waals surface area contributed by atoms with Gasteiger partial charge in [-0.15, -0.1) is 0 Å². The molecule has 1 aromatic carbocycles. The van der Waals surface area contributed by atoms with Crippen molar-refractivity contribution in [3.05, 3.63) is 45.9 Å². The van der Waals surface area contributed by atoms with E-state index in [2.05, 4.69) is 32.1 Å². The first-order valence-electron chi connectivity index (χ1n) is 13.1. The zero-order chi connectivity index (χ0) is 26.2. The largest absolute Gasteiger partial charge is 0.481 e. The number of hydrogen-bond acceptors (Lipinski definition) is 8. The molecule has 0 unspecified atom stereocenters. The molecule has 200 valence electrons. The minimum Gasteiger partial charge on any atom is -0.481 e. The summed E-state index contributed by atoms with van der Waals surface area (Å²) < 4.78 is 7.23. The van der Waals surface area contributed by atoms with E-state index in [1.54, 1.807) is 4.57 Å². The number of aromatic amines is 1. The van der Waals surface area contributed by atoms with Crippen LogP contribution in [0.4, 0.5) is 5.82 Å². The maximum atomic E-state index is 12.5. The van der Waals surface area contributed by atoms with E-state index in [9.17, 15) is 9.59 Å². The molecule has 3 aromatic rings. The molecular weight excluding hydrogens is 474 g/mol. The number of nitrogens with one attached hydrogen (secondary N) is 2. The molecule has 0 saturated carbocycles. The fourth-order valence-electron chi connectivity index (χ4n) is 4.64. The van der Waals surface area contributed by atoms with E-state index in [0.717, 1.165) is 69.4 Å². The van der Waals surface area contributed by atoms with Crippen LogP contribution in [0, 0.1) is 0 Å². The molecule has 1 saturated heterocycles. The average molecular weight is 512 g/mol. The second kappa shape index (κ2) is 12.7. The lowest BCUT2D eigenvalue weighted by Gasteiger charge is -2.32. The van der Waals surface area contributed by atoms with Crippen LogP contribution >= 0.6 is 0 Å². The van der Waals surface area contributed by atoms with Crippen molar-refractivity contribution in [3.8, 4) is 6.01 Å². The van der Waals surface area contributed by atoms with Crippen molar-refractivity contribution in [2.45, 2.75) is 64.6 Å². The number of H-pyrrole nitrogens is 1. The third kappa shape index (κ3) is 7.30. The van der Waals surface area contributed by atoms with Gasteiger partial charge in [0.2, 0.25) is 0 Å². The Kier molecular flexibility index (Phi) is 9.13. The molecule has 1 fully saturated rings. The molecule has 5 N–H and O–H groups in total. The minimum atomic E-state index is -0.814. The summed E-state index contributed by atoms with van der Waals surface area (Å²) in [5.74, 6) is -0.593. The van der Waals surface area contributed by atoms with E-state index in [1.807, 2.05) is 24.3 Å². The van der Waals surface area contributed by atoms with Gasteiger partial charge < -0.3 is 30.8 Å². The smallest absolute Gasteiger partial charge is 0.327 e. The molecule has 4 rings (SSSR count). The number of aryl methyl sites for hydroxylation is 1. The number of piperidine rings is 1. The van der Waals surface area contributed by atoms with Crippen LogP contribution in [-0.4, -0.2) is 67.8 Å². The monoisotopic (exact) mass is 511 g/mol. The number of aliphatic carboxylic acids is 1. The summed E-state index contributed by atoms with van der Waals surface area (Å²) in [7, 11) is 0. The summed E-state index contributed by atoms with van der Waals surface area (Å²) in [5, 5.41) is 12.5. The lowest BCUT2D eigenvalue weighted by molar-refractivity contribution is -0.136. The zero-order valence-corrected chi connectivity index (χ0v) is 21.4. The maximum Gasteiger partial charge on any atom is 0.327 e. The molecule has 0 radical (unpaired) electrons. The lowest BCUT2D eigenvalue weighted by Crippen LogP contribution is -2.42. The summed E-state index contributed by atoms with van der Waals surface area (Å²) in [4.78, 5) is 37.2. The summed E-state index contributed by atoms with van der Waals surface area (Å²) in [6.07, 6.45) is 4.90. The number of hydrogen-bond donors (Lipinski definition) is 4. The lowest BCUT2D eigenvalue weighted by atomic mass is 10.0. The molecule has 11 heteroatoms. The Morgan fingerprint density at radius 1 is 1.16 bits per heavy atom. The Bertz CT molecular complexity index is 1230. The standard InChI is InChI=1S/C26H37N7O4/c1-2-3-15-37-25-30-23(27)22-24(31-25)33(26(36)29-22)12-4-11-32-13-9-20(10-14-32)28-17-19-7-5-18(6-8-19)16-21(34)35/h5-8,20,28H,2-4,9-17H2,1H3,(H,29,36)(H,34,35)(H2,27,30,31). The highest BCUT2D eigenvalue weighted by atomic mass is 16.5. The average Bonchev–Trinajstić information content (AvgIpc) is 3.20. The molecule has 37 heavy (non-hydrogen) atoms. The fraction of sp³-hybridized carbons (Fsp3) is 0.538. The van der Waals surface area contributed by atoms with Gasteiger partial charge in [0.1, 0.15) is 5.52 Å². The first kappa shape index (κ1) is 26.6. The van der Waals surface area contributed by atoms with Gasteiger partial charge in [-0.2, -0.15) is 9.97 Å². The summed E-state index contributed by atoms with van der Waals surface area (Å²) in [5.41, 5.74) is 8.72. The van der Waals surface area contributed by atoms with E-state index < -0.39 is 5.97 Å². The van der Waals surface area contributed by atoms with Gasteiger partial charge >= 0.3 is 17.7 Å². The molecule has 0 bridgehead atoms. The molecular formula is C26H37N7O4. The number of benzene rings is 1.